The van der Waals surface area contributed by atoms with E-state index in [0.717, 1.165) is 13.0 Å². The molecule has 0 radical (unpaired) electrons. The van der Waals surface area contributed by atoms with Crippen molar-refractivity contribution in [2.45, 2.75) is 84.0 Å². The van der Waals surface area contributed by atoms with Crippen LogP contribution in [0.3, 0.4) is 0 Å². The Morgan fingerprint density at radius 1 is 1.03 bits per heavy atom. The Kier molecular flexibility index (Phi) is 11.1. The van der Waals surface area contributed by atoms with Crippen LogP contribution in [-0.2, 0) is 24.0 Å². The van der Waals surface area contributed by atoms with Crippen molar-refractivity contribution in [1.29, 1.82) is 0 Å². The quantitative estimate of drug-likeness (QED) is 0.211. The summed E-state index contributed by atoms with van der Waals surface area (Å²) in [6.07, 6.45) is 1.88. The molecule has 5 atom stereocenters. The van der Waals surface area contributed by atoms with Crippen LogP contribution < -0.4 is 27.0 Å². The summed E-state index contributed by atoms with van der Waals surface area (Å²) in [7, 11) is 0. The summed E-state index contributed by atoms with van der Waals surface area (Å²) < 4.78 is 0. The molecule has 182 valence electrons. The fraction of sp³-hybridized carbons (Fsp3) is 0.762. The average Bonchev–Trinajstić information content (AvgIpc) is 3.26. The largest absolute Gasteiger partial charge is 0.480 e. The van der Waals surface area contributed by atoms with E-state index >= 15 is 0 Å². The molecule has 5 unspecified atom stereocenters. The van der Waals surface area contributed by atoms with E-state index < -0.39 is 47.7 Å². The highest BCUT2D eigenvalue weighted by molar-refractivity contribution is 5.94. The van der Waals surface area contributed by atoms with E-state index in [-0.39, 0.29) is 30.7 Å². The molecule has 1 aliphatic heterocycles. The van der Waals surface area contributed by atoms with Crippen molar-refractivity contribution < 1.29 is 29.1 Å². The molecular weight excluding hydrogens is 418 g/mol. The predicted molar refractivity (Wildman–Crippen MR) is 117 cm³/mol. The standard InChI is InChI=1S/C21H37N5O6/c1-5-12(4)17(26-18(28)13-7-6-10-23-13)20(30)24-14(8-9-15(22)27)19(29)25-16(11(2)3)21(31)32/h11-14,16-17,23H,5-10H2,1-4H3,(H2,22,27)(H,24,30)(H,25,29)(H,26,28)(H,31,32). The van der Waals surface area contributed by atoms with E-state index in [1.807, 2.05) is 13.8 Å². The Labute approximate surface area is 188 Å². The molecule has 0 saturated carbocycles. The summed E-state index contributed by atoms with van der Waals surface area (Å²) in [5, 5.41) is 20.2. The molecule has 11 heteroatoms. The number of hydrogen-bond donors (Lipinski definition) is 6. The van der Waals surface area contributed by atoms with Gasteiger partial charge in [0.2, 0.25) is 23.6 Å². The number of nitrogens with two attached hydrogens (primary N) is 1. The number of carboxylic acids is 1. The summed E-state index contributed by atoms with van der Waals surface area (Å²) in [5.41, 5.74) is 5.19. The van der Waals surface area contributed by atoms with E-state index in [0.29, 0.717) is 12.8 Å². The first-order valence-electron chi connectivity index (χ1n) is 11.1. The Morgan fingerprint density at radius 3 is 2.16 bits per heavy atom. The summed E-state index contributed by atoms with van der Waals surface area (Å²) in [4.78, 5) is 61.1. The van der Waals surface area contributed by atoms with Gasteiger partial charge in [-0.25, -0.2) is 4.79 Å². The van der Waals surface area contributed by atoms with Gasteiger partial charge < -0.3 is 32.1 Å². The van der Waals surface area contributed by atoms with Gasteiger partial charge in [0.25, 0.3) is 0 Å². The Hall–Kier alpha value is -2.69. The first-order valence-corrected chi connectivity index (χ1v) is 11.1. The monoisotopic (exact) mass is 455 g/mol. The first-order chi connectivity index (χ1) is 15.0. The van der Waals surface area contributed by atoms with Crippen molar-refractivity contribution in [1.82, 2.24) is 21.3 Å². The molecular formula is C21H37N5O6. The minimum atomic E-state index is -1.21. The fourth-order valence-electron chi connectivity index (χ4n) is 3.45. The maximum Gasteiger partial charge on any atom is 0.326 e. The van der Waals surface area contributed by atoms with Gasteiger partial charge in [-0.3, -0.25) is 19.2 Å². The Morgan fingerprint density at radius 2 is 1.69 bits per heavy atom. The minimum absolute atomic E-state index is 0.0945. The van der Waals surface area contributed by atoms with E-state index in [4.69, 9.17) is 5.73 Å². The summed E-state index contributed by atoms with van der Waals surface area (Å²) in [6.45, 7) is 7.70. The molecule has 7 N–H and O–H groups in total. The van der Waals surface area contributed by atoms with Crippen LogP contribution >= 0.6 is 0 Å². The van der Waals surface area contributed by atoms with Gasteiger partial charge in [0.15, 0.2) is 0 Å². The van der Waals surface area contributed by atoms with Crippen LogP contribution in [0, 0.1) is 11.8 Å². The maximum absolute atomic E-state index is 13.0. The molecule has 32 heavy (non-hydrogen) atoms. The number of nitrogens with one attached hydrogen (secondary N) is 4. The van der Waals surface area contributed by atoms with Gasteiger partial charge in [-0.05, 0) is 37.6 Å². The topological polar surface area (TPSA) is 180 Å². The minimum Gasteiger partial charge on any atom is -0.480 e. The van der Waals surface area contributed by atoms with E-state index in [1.165, 1.54) is 0 Å². The van der Waals surface area contributed by atoms with Gasteiger partial charge in [0.05, 0.1) is 6.04 Å². The second-order valence-electron chi connectivity index (χ2n) is 8.66. The second-order valence-corrected chi connectivity index (χ2v) is 8.66. The van der Waals surface area contributed by atoms with E-state index in [2.05, 4.69) is 21.3 Å². The zero-order valence-electron chi connectivity index (χ0n) is 19.3. The van der Waals surface area contributed by atoms with Crippen LogP contribution in [0.1, 0.15) is 59.8 Å². The molecule has 0 aliphatic carbocycles. The zero-order chi connectivity index (χ0) is 24.4. The number of hydrogen-bond acceptors (Lipinski definition) is 6. The van der Waals surface area contributed by atoms with Crippen molar-refractivity contribution >= 4 is 29.6 Å². The smallest absolute Gasteiger partial charge is 0.326 e. The molecule has 4 amide bonds. The van der Waals surface area contributed by atoms with Gasteiger partial charge in [-0.15, -0.1) is 0 Å². The number of carboxylic acid groups (broad SMARTS) is 1. The number of amides is 4. The van der Waals surface area contributed by atoms with Gasteiger partial charge in [-0.1, -0.05) is 34.1 Å². The molecule has 0 aromatic heterocycles. The Bertz CT molecular complexity index is 692. The number of aliphatic carboxylic acids is 1. The normalized spacial score (nSPS) is 19.5. The lowest BCUT2D eigenvalue weighted by atomic mass is 9.96. The van der Waals surface area contributed by atoms with Crippen LogP contribution in [0.25, 0.3) is 0 Å². The molecule has 0 spiro atoms. The summed E-state index contributed by atoms with van der Waals surface area (Å²) >= 11 is 0. The van der Waals surface area contributed by atoms with E-state index in [1.54, 1.807) is 13.8 Å². The number of rotatable bonds is 13. The molecule has 1 saturated heterocycles. The fourth-order valence-corrected chi connectivity index (χ4v) is 3.45. The Balaban J connectivity index is 2.97. The van der Waals surface area contributed by atoms with Gasteiger partial charge in [0.1, 0.15) is 18.1 Å². The molecule has 0 aromatic carbocycles. The number of carbonyl (C=O) groups excluding carboxylic acids is 4. The highest BCUT2D eigenvalue weighted by Crippen LogP contribution is 2.12. The van der Waals surface area contributed by atoms with Crippen LogP contribution in [-0.4, -0.2) is 65.4 Å². The van der Waals surface area contributed by atoms with Crippen molar-refractivity contribution in [2.75, 3.05) is 6.54 Å². The lowest BCUT2D eigenvalue weighted by Crippen LogP contribution is -2.59. The van der Waals surface area contributed by atoms with Gasteiger partial charge >= 0.3 is 5.97 Å². The first kappa shape index (κ1) is 27.3. The molecule has 11 nitrogen and oxygen atoms in total. The third-order valence-corrected chi connectivity index (χ3v) is 5.71. The number of primary amides is 1. The van der Waals surface area contributed by atoms with Crippen LogP contribution in [0.4, 0.5) is 0 Å². The molecule has 1 aliphatic rings. The molecule has 1 rings (SSSR count). The van der Waals surface area contributed by atoms with Gasteiger partial charge in [-0.2, -0.15) is 0 Å². The highest BCUT2D eigenvalue weighted by atomic mass is 16.4. The summed E-state index contributed by atoms with van der Waals surface area (Å²) in [6, 6.07) is -3.59. The summed E-state index contributed by atoms with van der Waals surface area (Å²) in [5.74, 6) is -4.07. The zero-order valence-corrected chi connectivity index (χ0v) is 19.3. The SMILES string of the molecule is CCC(C)C(NC(=O)C1CCCN1)C(=O)NC(CCC(N)=O)C(=O)NC(C(=O)O)C(C)C. The van der Waals surface area contributed by atoms with Crippen molar-refractivity contribution in [3.63, 3.8) is 0 Å². The van der Waals surface area contributed by atoms with Crippen molar-refractivity contribution in [2.24, 2.45) is 17.6 Å². The second kappa shape index (κ2) is 13.0. The molecule has 1 heterocycles. The highest BCUT2D eigenvalue weighted by Gasteiger charge is 2.34. The van der Waals surface area contributed by atoms with E-state index in [9.17, 15) is 29.1 Å². The lowest BCUT2D eigenvalue weighted by Gasteiger charge is -2.28. The van der Waals surface area contributed by atoms with Crippen molar-refractivity contribution in [3.8, 4) is 0 Å². The lowest BCUT2D eigenvalue weighted by molar-refractivity contribution is -0.143. The van der Waals surface area contributed by atoms with Gasteiger partial charge in [0, 0.05) is 6.42 Å². The van der Waals surface area contributed by atoms with Crippen LogP contribution in [0.15, 0.2) is 0 Å². The molecule has 0 bridgehead atoms. The van der Waals surface area contributed by atoms with Crippen LogP contribution in [0.5, 0.6) is 0 Å². The average molecular weight is 456 g/mol. The third-order valence-electron chi connectivity index (χ3n) is 5.71. The molecule has 1 fully saturated rings. The maximum atomic E-state index is 13.0. The predicted octanol–water partition coefficient (Wildman–Crippen LogP) is -0.755. The van der Waals surface area contributed by atoms with Crippen molar-refractivity contribution in [3.05, 3.63) is 0 Å². The van der Waals surface area contributed by atoms with Crippen LogP contribution in [0.2, 0.25) is 0 Å². The third kappa shape index (κ3) is 8.45. The molecule has 0 aromatic rings. The number of carbonyl (C=O) groups is 5.